The Morgan fingerprint density at radius 1 is 1.53 bits per heavy atom. The summed E-state index contributed by atoms with van der Waals surface area (Å²) in [5, 5.41) is 12.3. The third-order valence-corrected chi connectivity index (χ3v) is 3.63. The van der Waals surface area contributed by atoms with E-state index >= 15 is 0 Å². The van der Waals surface area contributed by atoms with Crippen LogP contribution in [-0.2, 0) is 6.42 Å². The number of aromatic carboxylic acids is 1. The van der Waals surface area contributed by atoms with Crippen molar-refractivity contribution in [3.05, 3.63) is 40.2 Å². The van der Waals surface area contributed by atoms with Gasteiger partial charge in [-0.3, -0.25) is 0 Å². The molecule has 0 saturated carbocycles. The standard InChI is InChI=1S/C13H13FN2O2S/c1-3-10-7(2)19-13(15-10)16-11-8(12(17)18)5-4-6-9(11)14/h4-6H,3H2,1-2H3,(H,15,16)(H,17,18). The van der Waals surface area contributed by atoms with E-state index in [9.17, 15) is 9.18 Å². The van der Waals surface area contributed by atoms with E-state index in [0.29, 0.717) is 5.13 Å². The van der Waals surface area contributed by atoms with Gasteiger partial charge in [-0.15, -0.1) is 11.3 Å². The van der Waals surface area contributed by atoms with Crippen LogP contribution in [0.2, 0.25) is 0 Å². The van der Waals surface area contributed by atoms with Gasteiger partial charge in [0.1, 0.15) is 5.82 Å². The molecule has 2 N–H and O–H groups in total. The van der Waals surface area contributed by atoms with Crippen molar-refractivity contribution in [2.75, 3.05) is 5.32 Å². The summed E-state index contributed by atoms with van der Waals surface area (Å²) in [6, 6.07) is 3.94. The number of rotatable bonds is 4. The van der Waals surface area contributed by atoms with Crippen LogP contribution >= 0.6 is 11.3 Å². The average Bonchev–Trinajstić information content (AvgIpc) is 2.71. The maximum Gasteiger partial charge on any atom is 0.337 e. The average molecular weight is 280 g/mol. The van der Waals surface area contributed by atoms with Crippen LogP contribution in [0.4, 0.5) is 15.2 Å². The van der Waals surface area contributed by atoms with Gasteiger partial charge in [0.2, 0.25) is 0 Å². The van der Waals surface area contributed by atoms with Gasteiger partial charge < -0.3 is 10.4 Å². The van der Waals surface area contributed by atoms with E-state index in [-0.39, 0.29) is 11.3 Å². The second-order valence-corrected chi connectivity index (χ2v) is 5.17. The van der Waals surface area contributed by atoms with E-state index in [1.807, 2.05) is 13.8 Å². The Balaban J connectivity index is 2.39. The Morgan fingerprint density at radius 2 is 2.26 bits per heavy atom. The zero-order valence-corrected chi connectivity index (χ0v) is 11.3. The van der Waals surface area contributed by atoms with Crippen molar-refractivity contribution in [1.82, 2.24) is 4.98 Å². The summed E-state index contributed by atoms with van der Waals surface area (Å²) >= 11 is 1.38. The molecule has 0 aliphatic carbocycles. The van der Waals surface area contributed by atoms with Crippen molar-refractivity contribution in [2.45, 2.75) is 20.3 Å². The number of nitrogens with zero attached hydrogens (tertiary/aromatic N) is 1. The molecule has 0 saturated heterocycles. The predicted octanol–water partition coefficient (Wildman–Crippen LogP) is 3.59. The summed E-state index contributed by atoms with van der Waals surface area (Å²) in [7, 11) is 0. The smallest absolute Gasteiger partial charge is 0.337 e. The molecular weight excluding hydrogens is 267 g/mol. The third-order valence-electron chi connectivity index (χ3n) is 2.70. The van der Waals surface area contributed by atoms with Crippen molar-refractivity contribution in [2.24, 2.45) is 0 Å². The Labute approximate surface area is 113 Å². The van der Waals surface area contributed by atoms with Crippen LogP contribution < -0.4 is 5.32 Å². The van der Waals surface area contributed by atoms with Crippen molar-refractivity contribution >= 4 is 28.1 Å². The SMILES string of the molecule is CCc1nc(Nc2c(F)cccc2C(=O)O)sc1C. The lowest BCUT2D eigenvalue weighted by Gasteiger charge is -2.07. The molecule has 0 amide bonds. The molecule has 2 rings (SSSR count). The van der Waals surface area contributed by atoms with Gasteiger partial charge in [-0.05, 0) is 25.5 Å². The van der Waals surface area contributed by atoms with Crippen LogP contribution in [0.3, 0.4) is 0 Å². The van der Waals surface area contributed by atoms with Crippen molar-refractivity contribution < 1.29 is 14.3 Å². The van der Waals surface area contributed by atoms with Crippen LogP contribution in [-0.4, -0.2) is 16.1 Å². The van der Waals surface area contributed by atoms with Crippen LogP contribution in [0.15, 0.2) is 18.2 Å². The molecule has 0 spiro atoms. The highest BCUT2D eigenvalue weighted by Crippen LogP contribution is 2.29. The molecule has 4 nitrogen and oxygen atoms in total. The molecule has 1 aromatic carbocycles. The number of halogens is 1. The molecule has 0 radical (unpaired) electrons. The van der Waals surface area contributed by atoms with Crippen LogP contribution in [0.5, 0.6) is 0 Å². The minimum atomic E-state index is -1.18. The largest absolute Gasteiger partial charge is 0.478 e. The van der Waals surface area contributed by atoms with Crippen LogP contribution in [0.25, 0.3) is 0 Å². The van der Waals surface area contributed by atoms with Gasteiger partial charge in [-0.2, -0.15) is 0 Å². The first-order valence-corrected chi connectivity index (χ1v) is 6.59. The molecular formula is C13H13FN2O2S. The van der Waals surface area contributed by atoms with Crippen LogP contribution in [0.1, 0.15) is 27.9 Å². The van der Waals surface area contributed by atoms with E-state index in [1.54, 1.807) is 0 Å². The van der Waals surface area contributed by atoms with Gasteiger partial charge >= 0.3 is 5.97 Å². The van der Waals surface area contributed by atoms with Crippen molar-refractivity contribution in [3.63, 3.8) is 0 Å². The molecule has 0 unspecified atom stereocenters. The zero-order valence-electron chi connectivity index (χ0n) is 10.5. The minimum Gasteiger partial charge on any atom is -0.478 e. The molecule has 100 valence electrons. The second-order valence-electron chi connectivity index (χ2n) is 3.97. The lowest BCUT2D eigenvalue weighted by atomic mass is 10.1. The topological polar surface area (TPSA) is 62.2 Å². The molecule has 0 aliphatic rings. The van der Waals surface area contributed by atoms with E-state index < -0.39 is 11.8 Å². The minimum absolute atomic E-state index is 0.0496. The van der Waals surface area contributed by atoms with E-state index in [1.165, 1.54) is 29.5 Å². The molecule has 6 heteroatoms. The Morgan fingerprint density at radius 3 is 2.84 bits per heavy atom. The highest BCUT2D eigenvalue weighted by Gasteiger charge is 2.16. The summed E-state index contributed by atoms with van der Waals surface area (Å²) < 4.78 is 13.7. The second kappa shape index (κ2) is 5.36. The third kappa shape index (κ3) is 2.73. The number of benzene rings is 1. The number of anilines is 2. The zero-order chi connectivity index (χ0) is 14.0. The van der Waals surface area contributed by atoms with E-state index in [2.05, 4.69) is 10.3 Å². The van der Waals surface area contributed by atoms with Gasteiger partial charge in [0.05, 0.1) is 16.9 Å². The highest BCUT2D eigenvalue weighted by molar-refractivity contribution is 7.15. The van der Waals surface area contributed by atoms with Crippen molar-refractivity contribution in [3.8, 4) is 0 Å². The number of carboxylic acid groups (broad SMARTS) is 1. The molecule has 1 heterocycles. The lowest BCUT2D eigenvalue weighted by Crippen LogP contribution is -2.04. The fourth-order valence-electron chi connectivity index (χ4n) is 1.75. The number of hydrogen-bond acceptors (Lipinski definition) is 4. The number of aromatic nitrogens is 1. The van der Waals surface area contributed by atoms with Crippen LogP contribution in [0, 0.1) is 12.7 Å². The molecule has 0 atom stereocenters. The monoisotopic (exact) mass is 280 g/mol. The van der Waals surface area contributed by atoms with Gasteiger partial charge in [0.15, 0.2) is 5.13 Å². The van der Waals surface area contributed by atoms with Crippen molar-refractivity contribution in [1.29, 1.82) is 0 Å². The van der Waals surface area contributed by atoms with E-state index in [0.717, 1.165) is 17.0 Å². The molecule has 19 heavy (non-hydrogen) atoms. The number of carbonyl (C=O) groups is 1. The molecule has 0 fully saturated rings. The molecule has 0 bridgehead atoms. The number of thiazole rings is 1. The Kier molecular flexibility index (Phi) is 3.80. The first-order chi connectivity index (χ1) is 9.02. The summed E-state index contributed by atoms with van der Waals surface area (Å²) in [6.45, 7) is 3.92. The highest BCUT2D eigenvalue weighted by atomic mass is 32.1. The summed E-state index contributed by atoms with van der Waals surface area (Å²) in [6.07, 6.45) is 0.785. The summed E-state index contributed by atoms with van der Waals surface area (Å²) in [5.74, 6) is -1.78. The maximum atomic E-state index is 13.7. The van der Waals surface area contributed by atoms with Gasteiger partial charge in [-0.1, -0.05) is 13.0 Å². The normalized spacial score (nSPS) is 10.5. The van der Waals surface area contributed by atoms with Gasteiger partial charge in [0.25, 0.3) is 0 Å². The Hall–Kier alpha value is -1.95. The summed E-state index contributed by atoms with van der Waals surface area (Å²) in [4.78, 5) is 16.4. The number of hydrogen-bond donors (Lipinski definition) is 2. The molecule has 1 aromatic heterocycles. The number of para-hydroxylation sites is 1. The molecule has 2 aromatic rings. The lowest BCUT2D eigenvalue weighted by molar-refractivity contribution is 0.0697. The Bertz CT molecular complexity index is 625. The number of carboxylic acids is 1. The first kappa shape index (κ1) is 13.5. The van der Waals surface area contributed by atoms with Gasteiger partial charge in [-0.25, -0.2) is 14.2 Å². The summed E-state index contributed by atoms with van der Waals surface area (Å²) in [5.41, 5.74) is 0.776. The predicted molar refractivity (Wildman–Crippen MR) is 72.9 cm³/mol. The quantitative estimate of drug-likeness (QED) is 0.898. The number of nitrogens with one attached hydrogen (secondary N) is 1. The fraction of sp³-hybridized carbons (Fsp3) is 0.231. The number of aryl methyl sites for hydroxylation is 2. The molecule has 0 aliphatic heterocycles. The van der Waals surface area contributed by atoms with E-state index in [4.69, 9.17) is 5.11 Å². The fourth-order valence-corrected chi connectivity index (χ4v) is 2.65. The maximum absolute atomic E-state index is 13.7. The van der Waals surface area contributed by atoms with Gasteiger partial charge in [0, 0.05) is 4.88 Å². The first-order valence-electron chi connectivity index (χ1n) is 5.78.